The van der Waals surface area contributed by atoms with E-state index in [4.69, 9.17) is 0 Å². The van der Waals surface area contributed by atoms with Crippen molar-refractivity contribution in [1.29, 1.82) is 0 Å². The summed E-state index contributed by atoms with van der Waals surface area (Å²) in [5, 5.41) is 3.49. The van der Waals surface area contributed by atoms with Gasteiger partial charge in [0, 0.05) is 56.0 Å². The van der Waals surface area contributed by atoms with Crippen LogP contribution >= 0.6 is 0 Å². The topological polar surface area (TPSA) is 64.7 Å². The summed E-state index contributed by atoms with van der Waals surface area (Å²) in [7, 11) is 0. The Kier molecular flexibility index (Phi) is 4.13. The van der Waals surface area contributed by atoms with Gasteiger partial charge < -0.3 is 14.5 Å². The highest BCUT2D eigenvalue weighted by Gasteiger charge is 2.31. The molecule has 0 aromatic carbocycles. The molecule has 0 unspecified atom stereocenters. The third kappa shape index (κ3) is 3.00. The molecule has 5 rings (SSSR count). The largest absolute Gasteiger partial charge is 0.330 e. The highest BCUT2D eigenvalue weighted by atomic mass is 16.1. The van der Waals surface area contributed by atoms with E-state index in [1.807, 2.05) is 29.1 Å². The van der Waals surface area contributed by atoms with E-state index in [0.717, 1.165) is 38.4 Å². The molecule has 0 spiro atoms. The molecule has 0 saturated carbocycles. The zero-order chi connectivity index (χ0) is 18.2. The summed E-state index contributed by atoms with van der Waals surface area (Å²) in [6.07, 6.45) is 9.45. The van der Waals surface area contributed by atoms with E-state index in [-0.39, 0.29) is 5.56 Å². The molecule has 2 bridgehead atoms. The summed E-state index contributed by atoms with van der Waals surface area (Å²) >= 11 is 0. The van der Waals surface area contributed by atoms with Crippen LogP contribution in [0.15, 0.2) is 53.8 Å². The van der Waals surface area contributed by atoms with Crippen molar-refractivity contribution in [2.45, 2.75) is 31.8 Å². The lowest BCUT2D eigenvalue weighted by Gasteiger charge is -2.37. The number of rotatable bonds is 4. The van der Waals surface area contributed by atoms with E-state index >= 15 is 0 Å². The van der Waals surface area contributed by atoms with Gasteiger partial charge in [0.1, 0.15) is 5.82 Å². The molecule has 1 fully saturated rings. The SMILES string of the molecule is O=c1c(-c2nccn2CCc2cccnc2)ccc2n1C[C@@H]1CNC[C@H]2C1. The fourth-order valence-corrected chi connectivity index (χ4v) is 4.49. The predicted molar refractivity (Wildman–Crippen MR) is 104 cm³/mol. The van der Waals surface area contributed by atoms with Crippen LogP contribution < -0.4 is 10.9 Å². The van der Waals surface area contributed by atoms with Crippen molar-refractivity contribution < 1.29 is 0 Å². The molecule has 0 radical (unpaired) electrons. The highest BCUT2D eigenvalue weighted by molar-refractivity contribution is 5.54. The molecule has 5 heterocycles. The lowest BCUT2D eigenvalue weighted by atomic mass is 9.84. The minimum absolute atomic E-state index is 0.0953. The predicted octanol–water partition coefficient (Wildman–Crippen LogP) is 2.06. The highest BCUT2D eigenvalue weighted by Crippen LogP contribution is 2.32. The maximum absolute atomic E-state index is 13.2. The average Bonchev–Trinajstić information content (AvgIpc) is 3.17. The first-order chi connectivity index (χ1) is 13.3. The van der Waals surface area contributed by atoms with Crippen LogP contribution in [0.2, 0.25) is 0 Å². The van der Waals surface area contributed by atoms with Gasteiger partial charge in [-0.15, -0.1) is 0 Å². The Morgan fingerprint density at radius 2 is 2.15 bits per heavy atom. The summed E-state index contributed by atoms with van der Waals surface area (Å²) < 4.78 is 4.07. The molecule has 0 amide bonds. The number of piperidine rings is 1. The van der Waals surface area contributed by atoms with Crippen LogP contribution in [0, 0.1) is 5.92 Å². The van der Waals surface area contributed by atoms with Gasteiger partial charge in [-0.1, -0.05) is 6.07 Å². The third-order valence-electron chi connectivity index (χ3n) is 5.83. The molecule has 1 N–H and O–H groups in total. The van der Waals surface area contributed by atoms with E-state index in [2.05, 4.69) is 32.0 Å². The van der Waals surface area contributed by atoms with Crippen molar-refractivity contribution in [1.82, 2.24) is 24.4 Å². The zero-order valence-corrected chi connectivity index (χ0v) is 15.2. The van der Waals surface area contributed by atoms with E-state index in [1.54, 1.807) is 12.4 Å². The number of fused-ring (bicyclic) bond motifs is 4. The normalized spacial score (nSPS) is 21.0. The number of aromatic nitrogens is 4. The van der Waals surface area contributed by atoms with Crippen molar-refractivity contribution in [3.05, 3.63) is 70.7 Å². The molecule has 3 aromatic rings. The van der Waals surface area contributed by atoms with Gasteiger partial charge in [-0.2, -0.15) is 0 Å². The first kappa shape index (κ1) is 16.4. The minimum Gasteiger partial charge on any atom is -0.330 e. The van der Waals surface area contributed by atoms with E-state index < -0.39 is 0 Å². The van der Waals surface area contributed by atoms with Crippen molar-refractivity contribution in [2.24, 2.45) is 5.92 Å². The molecule has 2 aliphatic heterocycles. The molecule has 2 aliphatic rings. The van der Waals surface area contributed by atoms with Crippen LogP contribution in [-0.4, -0.2) is 32.2 Å². The Bertz CT molecular complexity index is 1010. The quantitative estimate of drug-likeness (QED) is 0.773. The first-order valence-electron chi connectivity index (χ1n) is 9.64. The second-order valence-electron chi connectivity index (χ2n) is 7.60. The maximum atomic E-state index is 13.2. The van der Waals surface area contributed by atoms with Gasteiger partial charge in [0.15, 0.2) is 0 Å². The van der Waals surface area contributed by atoms with Crippen LogP contribution in [0.4, 0.5) is 0 Å². The minimum atomic E-state index is 0.0953. The van der Waals surface area contributed by atoms with Crippen molar-refractivity contribution in [3.8, 4) is 11.4 Å². The third-order valence-corrected chi connectivity index (χ3v) is 5.83. The molecule has 1 saturated heterocycles. The molecule has 2 atom stereocenters. The van der Waals surface area contributed by atoms with Crippen LogP contribution in [-0.2, 0) is 19.5 Å². The van der Waals surface area contributed by atoms with Gasteiger partial charge in [0.25, 0.3) is 5.56 Å². The number of imidazole rings is 1. The molecule has 6 nitrogen and oxygen atoms in total. The van der Waals surface area contributed by atoms with Crippen molar-refractivity contribution >= 4 is 0 Å². The molecule has 27 heavy (non-hydrogen) atoms. The van der Waals surface area contributed by atoms with E-state index in [9.17, 15) is 4.79 Å². The number of nitrogens with one attached hydrogen (secondary N) is 1. The van der Waals surface area contributed by atoms with Crippen molar-refractivity contribution in [2.75, 3.05) is 13.1 Å². The second kappa shape index (κ2) is 6.78. The van der Waals surface area contributed by atoms with Crippen LogP contribution in [0.25, 0.3) is 11.4 Å². The van der Waals surface area contributed by atoms with E-state index in [0.29, 0.717) is 17.4 Å². The smallest absolute Gasteiger partial charge is 0.261 e. The molecular formula is C21H23N5O. The molecular weight excluding hydrogens is 338 g/mol. The zero-order valence-electron chi connectivity index (χ0n) is 15.2. The Morgan fingerprint density at radius 3 is 3.04 bits per heavy atom. The standard InChI is InChI=1S/C21H23N5O/c27-21-18(3-4-19-17-10-16(12-23-13-17)14-26(19)21)20-24-7-9-25(20)8-5-15-2-1-6-22-11-15/h1-4,6-7,9,11,16-17,23H,5,8,10,12-14H2/t16-,17+/m0/s1. The summed E-state index contributed by atoms with van der Waals surface area (Å²) in [5.74, 6) is 1.76. The van der Waals surface area contributed by atoms with Gasteiger partial charge in [-0.25, -0.2) is 4.98 Å². The summed E-state index contributed by atoms with van der Waals surface area (Å²) in [6.45, 7) is 3.56. The molecule has 3 aromatic heterocycles. The lowest BCUT2D eigenvalue weighted by molar-refractivity contribution is 0.257. The number of nitrogens with zero attached hydrogens (tertiary/aromatic N) is 4. The van der Waals surface area contributed by atoms with Gasteiger partial charge in [-0.05, 0) is 49.1 Å². The number of hydrogen-bond acceptors (Lipinski definition) is 4. The number of hydrogen-bond donors (Lipinski definition) is 1. The maximum Gasteiger partial charge on any atom is 0.261 e. The summed E-state index contributed by atoms with van der Waals surface area (Å²) in [6, 6.07) is 8.12. The fraction of sp³-hybridized carbons (Fsp3) is 0.381. The first-order valence-corrected chi connectivity index (χ1v) is 9.64. The van der Waals surface area contributed by atoms with Crippen LogP contribution in [0.5, 0.6) is 0 Å². The van der Waals surface area contributed by atoms with Gasteiger partial charge in [-0.3, -0.25) is 9.78 Å². The van der Waals surface area contributed by atoms with E-state index in [1.165, 1.54) is 17.7 Å². The Labute approximate surface area is 157 Å². The molecule has 6 heteroatoms. The average molecular weight is 361 g/mol. The number of aryl methyl sites for hydroxylation is 2. The van der Waals surface area contributed by atoms with Crippen LogP contribution in [0.1, 0.15) is 23.6 Å². The van der Waals surface area contributed by atoms with Crippen molar-refractivity contribution in [3.63, 3.8) is 0 Å². The Morgan fingerprint density at radius 1 is 1.19 bits per heavy atom. The summed E-state index contributed by atoms with van der Waals surface area (Å²) in [4.78, 5) is 21.9. The van der Waals surface area contributed by atoms with Gasteiger partial charge in [0.05, 0.1) is 5.56 Å². The summed E-state index contributed by atoms with van der Waals surface area (Å²) in [5.41, 5.74) is 3.14. The lowest BCUT2D eigenvalue weighted by Crippen LogP contribution is -2.45. The van der Waals surface area contributed by atoms with Gasteiger partial charge >= 0.3 is 0 Å². The molecule has 138 valence electrons. The van der Waals surface area contributed by atoms with Crippen LogP contribution in [0.3, 0.4) is 0 Å². The van der Waals surface area contributed by atoms with Gasteiger partial charge in [0.2, 0.25) is 0 Å². The fourth-order valence-electron chi connectivity index (χ4n) is 4.49. The number of pyridine rings is 2. The second-order valence-corrected chi connectivity index (χ2v) is 7.60. The Hall–Kier alpha value is -2.73. The monoisotopic (exact) mass is 361 g/mol. The Balaban J connectivity index is 1.47. The molecule has 0 aliphatic carbocycles.